The number of esters is 1. The van der Waals surface area contributed by atoms with Gasteiger partial charge in [-0.2, -0.15) is 0 Å². The molecular weight excluding hydrogens is 542 g/mol. The van der Waals surface area contributed by atoms with Gasteiger partial charge in [-0.1, -0.05) is 69.3 Å². The fraction of sp³-hybridized carbons (Fsp3) is 0.548. The number of nitrogens with zero attached hydrogens (tertiary/aromatic N) is 1. The predicted molar refractivity (Wildman–Crippen MR) is 157 cm³/mol. The van der Waals surface area contributed by atoms with Gasteiger partial charge in [-0.3, -0.25) is 4.79 Å². The Labute approximate surface area is 242 Å². The van der Waals surface area contributed by atoms with Crippen molar-refractivity contribution < 1.29 is 28.6 Å². The number of hydrogen-bond donors (Lipinski definition) is 1. The molecular formula is C31H41NO6SSi. The van der Waals surface area contributed by atoms with Crippen LogP contribution in [0.15, 0.2) is 65.6 Å². The SMILES string of the molecule is C[C@@H](O[Si](C)(C)C(C)(C)C)[C@H]1C(=O)N2[C@@H]1[C@@]1(C)OC(O)C[C@@]1(Sc1ccccc1)[C@@H]2C(=O)OCc1ccccc1. The van der Waals surface area contributed by atoms with Gasteiger partial charge in [0, 0.05) is 11.3 Å². The fourth-order valence-electron chi connectivity index (χ4n) is 6.43. The van der Waals surface area contributed by atoms with Crippen LogP contribution in [0, 0.1) is 5.92 Å². The standard InChI is InChI=1S/C31H41NO6SSi/c1-20(38-40(6,7)29(2,3)4)24-25-30(5)31(18-23(33)37-30,39-22-16-12-9-13-17-22)26(32(25)27(24)34)28(35)36-19-21-14-10-8-11-15-21/h8-17,20,23-26,33H,18-19H2,1-7H3/t20-,23?,24-,25+,26+,30-,31-/m1/s1. The first-order valence-corrected chi connectivity index (χ1v) is 17.7. The molecule has 1 amide bonds. The molecule has 0 radical (unpaired) electrons. The summed E-state index contributed by atoms with van der Waals surface area (Å²) in [6.45, 7) is 14.9. The van der Waals surface area contributed by atoms with Gasteiger partial charge in [-0.05, 0) is 49.7 Å². The van der Waals surface area contributed by atoms with Gasteiger partial charge in [0.25, 0.3) is 0 Å². The van der Waals surface area contributed by atoms with E-state index in [0.717, 1.165) is 10.5 Å². The molecule has 3 saturated heterocycles. The third-order valence-electron chi connectivity index (χ3n) is 9.45. The molecule has 3 heterocycles. The maximum Gasteiger partial charge on any atom is 0.330 e. The molecule has 3 aliphatic rings. The molecule has 0 aliphatic carbocycles. The van der Waals surface area contributed by atoms with Crippen molar-refractivity contribution in [3.05, 3.63) is 66.2 Å². The molecule has 216 valence electrons. The summed E-state index contributed by atoms with van der Waals surface area (Å²) in [6, 6.07) is 17.9. The van der Waals surface area contributed by atoms with Gasteiger partial charge < -0.3 is 23.9 Å². The van der Waals surface area contributed by atoms with Crippen LogP contribution in [-0.4, -0.2) is 65.0 Å². The molecule has 40 heavy (non-hydrogen) atoms. The highest BCUT2D eigenvalue weighted by Gasteiger charge is 2.81. The molecule has 2 aromatic carbocycles. The first-order chi connectivity index (χ1) is 18.7. The zero-order chi connectivity index (χ0) is 29.1. The van der Waals surface area contributed by atoms with Crippen LogP contribution in [0.5, 0.6) is 0 Å². The summed E-state index contributed by atoms with van der Waals surface area (Å²) >= 11 is 1.50. The molecule has 0 spiro atoms. The highest BCUT2D eigenvalue weighted by molar-refractivity contribution is 8.01. The smallest absolute Gasteiger partial charge is 0.330 e. The molecule has 7 atom stereocenters. The van der Waals surface area contributed by atoms with E-state index >= 15 is 0 Å². The largest absolute Gasteiger partial charge is 0.459 e. The number of amides is 1. The van der Waals surface area contributed by atoms with Gasteiger partial charge in [0.15, 0.2) is 14.6 Å². The molecule has 1 unspecified atom stereocenters. The van der Waals surface area contributed by atoms with Gasteiger partial charge in [0.1, 0.15) is 18.2 Å². The fourth-order valence-corrected chi connectivity index (χ4v) is 9.49. The van der Waals surface area contributed by atoms with E-state index in [4.69, 9.17) is 13.9 Å². The molecule has 3 fully saturated rings. The van der Waals surface area contributed by atoms with E-state index in [2.05, 4.69) is 33.9 Å². The van der Waals surface area contributed by atoms with Crippen LogP contribution in [0.2, 0.25) is 18.1 Å². The van der Waals surface area contributed by atoms with Crippen LogP contribution in [0.4, 0.5) is 0 Å². The Morgan fingerprint density at radius 3 is 2.35 bits per heavy atom. The summed E-state index contributed by atoms with van der Waals surface area (Å²) in [5, 5.41) is 10.9. The molecule has 2 aromatic rings. The average Bonchev–Trinajstić information content (AvgIpc) is 3.22. The van der Waals surface area contributed by atoms with Gasteiger partial charge in [-0.25, -0.2) is 4.79 Å². The molecule has 1 N–H and O–H groups in total. The second-order valence-electron chi connectivity index (χ2n) is 13.0. The topological polar surface area (TPSA) is 85.3 Å². The second-order valence-corrected chi connectivity index (χ2v) is 19.1. The average molecular weight is 584 g/mol. The van der Waals surface area contributed by atoms with Crippen molar-refractivity contribution in [2.75, 3.05) is 0 Å². The minimum Gasteiger partial charge on any atom is -0.459 e. The van der Waals surface area contributed by atoms with E-state index in [0.29, 0.717) is 0 Å². The minimum atomic E-state index is -2.18. The normalized spacial score (nSPS) is 32.3. The summed E-state index contributed by atoms with van der Waals surface area (Å²) in [6.07, 6.45) is -1.24. The van der Waals surface area contributed by atoms with Gasteiger partial charge in [0.05, 0.1) is 22.8 Å². The monoisotopic (exact) mass is 583 g/mol. The van der Waals surface area contributed by atoms with E-state index in [1.54, 1.807) is 4.90 Å². The van der Waals surface area contributed by atoms with Crippen molar-refractivity contribution in [3.8, 4) is 0 Å². The summed E-state index contributed by atoms with van der Waals surface area (Å²) < 4.78 is 18.0. The van der Waals surface area contributed by atoms with Crippen molar-refractivity contribution in [1.29, 1.82) is 0 Å². The molecule has 0 aromatic heterocycles. The maximum absolute atomic E-state index is 14.0. The van der Waals surface area contributed by atoms with Gasteiger partial charge >= 0.3 is 5.97 Å². The maximum atomic E-state index is 14.0. The Hall–Kier alpha value is -2.17. The van der Waals surface area contributed by atoms with Gasteiger partial charge in [0.2, 0.25) is 5.91 Å². The number of aliphatic hydroxyl groups is 1. The van der Waals surface area contributed by atoms with Crippen LogP contribution in [0.1, 0.15) is 46.6 Å². The molecule has 3 aliphatic heterocycles. The highest BCUT2D eigenvalue weighted by atomic mass is 32.2. The zero-order valence-electron chi connectivity index (χ0n) is 24.4. The van der Waals surface area contributed by atoms with Gasteiger partial charge in [-0.15, -0.1) is 11.8 Å². The lowest BCUT2D eigenvalue weighted by Crippen LogP contribution is -2.70. The Balaban J connectivity index is 1.53. The lowest BCUT2D eigenvalue weighted by Gasteiger charge is -2.52. The third-order valence-corrected chi connectivity index (χ3v) is 15.7. The molecule has 7 nitrogen and oxygen atoms in total. The molecule has 0 saturated carbocycles. The second kappa shape index (κ2) is 10.3. The van der Waals surface area contributed by atoms with E-state index in [-0.39, 0.29) is 30.1 Å². The number of aliphatic hydroxyl groups excluding tert-OH is 1. The number of benzene rings is 2. The number of rotatable bonds is 8. The molecule has 0 bridgehead atoms. The van der Waals surface area contributed by atoms with E-state index in [9.17, 15) is 14.7 Å². The molecule has 5 rings (SSSR count). The zero-order valence-corrected chi connectivity index (χ0v) is 26.2. The Morgan fingerprint density at radius 2 is 1.75 bits per heavy atom. The third kappa shape index (κ3) is 4.63. The summed E-state index contributed by atoms with van der Waals surface area (Å²) in [7, 11) is -2.18. The Kier molecular flexibility index (Phi) is 7.53. The quantitative estimate of drug-likeness (QED) is 0.254. The molecule has 9 heteroatoms. The summed E-state index contributed by atoms with van der Waals surface area (Å²) in [5.41, 5.74) is -0.141. The predicted octanol–water partition coefficient (Wildman–Crippen LogP) is 5.38. The van der Waals surface area contributed by atoms with Crippen molar-refractivity contribution in [3.63, 3.8) is 0 Å². The number of thioether (sulfide) groups is 1. The van der Waals surface area contributed by atoms with Crippen LogP contribution in [0.3, 0.4) is 0 Å². The number of carbonyl (C=O) groups is 2. The number of β-lactam (4-membered cyclic amide) rings is 1. The first-order valence-electron chi connectivity index (χ1n) is 14.0. The van der Waals surface area contributed by atoms with Crippen molar-refractivity contribution >= 4 is 32.0 Å². The number of carbonyl (C=O) groups excluding carboxylic acids is 2. The highest BCUT2D eigenvalue weighted by Crippen LogP contribution is 2.65. The van der Waals surface area contributed by atoms with Crippen LogP contribution >= 0.6 is 11.8 Å². The number of fused-ring (bicyclic) bond motifs is 3. The lowest BCUT2D eigenvalue weighted by atomic mass is 9.74. The Morgan fingerprint density at radius 1 is 1.15 bits per heavy atom. The van der Waals surface area contributed by atoms with Crippen LogP contribution < -0.4 is 0 Å². The van der Waals surface area contributed by atoms with E-state index < -0.39 is 48.9 Å². The van der Waals surface area contributed by atoms with Crippen molar-refractivity contribution in [1.82, 2.24) is 4.90 Å². The minimum absolute atomic E-state index is 0.0237. The van der Waals surface area contributed by atoms with Crippen LogP contribution in [0.25, 0.3) is 0 Å². The summed E-state index contributed by atoms with van der Waals surface area (Å²) in [5.74, 6) is -1.10. The van der Waals surface area contributed by atoms with Crippen molar-refractivity contribution in [2.45, 2.75) is 105 Å². The number of ether oxygens (including phenoxy) is 2. The lowest BCUT2D eigenvalue weighted by molar-refractivity contribution is -0.198. The van der Waals surface area contributed by atoms with Crippen molar-refractivity contribution in [2.24, 2.45) is 5.92 Å². The van der Waals surface area contributed by atoms with E-state index in [1.807, 2.05) is 74.5 Å². The Bertz CT molecular complexity index is 1250. The number of hydrogen-bond acceptors (Lipinski definition) is 7. The first kappa shape index (κ1) is 29.3. The van der Waals surface area contributed by atoms with Crippen LogP contribution in [-0.2, 0) is 30.1 Å². The summed E-state index contributed by atoms with van der Waals surface area (Å²) in [4.78, 5) is 30.6. The van der Waals surface area contributed by atoms with E-state index in [1.165, 1.54) is 11.8 Å².